The first-order chi connectivity index (χ1) is 10.9. The summed E-state index contributed by atoms with van der Waals surface area (Å²) < 4.78 is 19.8. The summed E-state index contributed by atoms with van der Waals surface area (Å²) in [5.41, 5.74) is 0.766. The maximum Gasteiger partial charge on any atom is 0.508 e. The fraction of sp³-hybridized carbons (Fsp3) is 0.400. The van der Waals surface area contributed by atoms with E-state index in [9.17, 15) is 14.4 Å². The maximum absolute atomic E-state index is 11.7. The van der Waals surface area contributed by atoms with Crippen LogP contribution in [0.15, 0.2) is 28.7 Å². The molecule has 0 atom stereocenters. The van der Waals surface area contributed by atoms with Gasteiger partial charge >= 0.3 is 18.1 Å². The molecule has 0 N–H and O–H groups in total. The number of benzene rings is 1. The molecule has 0 saturated heterocycles. The Morgan fingerprint density at radius 3 is 2.00 bits per heavy atom. The van der Waals surface area contributed by atoms with Gasteiger partial charge in [-0.15, -0.1) is 0 Å². The highest BCUT2D eigenvalue weighted by molar-refractivity contribution is 9.10. The summed E-state index contributed by atoms with van der Waals surface area (Å²) in [4.78, 5) is 34.2. The highest BCUT2D eigenvalue weighted by Gasteiger charge is 2.23. The summed E-state index contributed by atoms with van der Waals surface area (Å²) in [5, 5.41) is 0. The molecule has 7 nitrogen and oxygen atoms in total. The van der Waals surface area contributed by atoms with Crippen molar-refractivity contribution < 1.29 is 33.3 Å². The summed E-state index contributed by atoms with van der Waals surface area (Å²) >= 11 is 3.30. The summed E-state index contributed by atoms with van der Waals surface area (Å²) in [6.45, 7) is 0.00921. The quantitative estimate of drug-likeness (QED) is 0.523. The van der Waals surface area contributed by atoms with Gasteiger partial charge in [0.2, 0.25) is 0 Å². The standard InChI is InChI=1S/C15H17BrO7/c1-20-13(17)7-12(8-14(18)21-2)23-15(19)22-9-10-3-5-11(16)6-4-10/h3-6,12H,7-9H2,1-2H3. The molecule has 0 aromatic heterocycles. The third-order valence-electron chi connectivity index (χ3n) is 2.78. The molecule has 0 heterocycles. The van der Waals surface area contributed by atoms with Gasteiger partial charge in [-0.05, 0) is 17.7 Å². The number of ether oxygens (including phenoxy) is 4. The molecule has 1 aromatic carbocycles. The molecule has 0 amide bonds. The molecule has 1 aromatic rings. The van der Waals surface area contributed by atoms with Crippen LogP contribution < -0.4 is 0 Å². The van der Waals surface area contributed by atoms with Crippen molar-refractivity contribution in [2.24, 2.45) is 0 Å². The summed E-state index contributed by atoms with van der Waals surface area (Å²) in [5.74, 6) is -1.22. The van der Waals surface area contributed by atoms with Crippen LogP contribution in [0.4, 0.5) is 4.79 Å². The van der Waals surface area contributed by atoms with E-state index in [1.54, 1.807) is 24.3 Å². The number of esters is 2. The van der Waals surface area contributed by atoms with Crippen molar-refractivity contribution in [2.45, 2.75) is 25.6 Å². The first-order valence-corrected chi connectivity index (χ1v) is 7.45. The van der Waals surface area contributed by atoms with Crippen LogP contribution in [0.25, 0.3) is 0 Å². The number of halogens is 1. The molecule has 0 fully saturated rings. The predicted molar refractivity (Wildman–Crippen MR) is 82.5 cm³/mol. The first-order valence-electron chi connectivity index (χ1n) is 6.66. The second kappa shape index (κ2) is 9.83. The largest absolute Gasteiger partial charge is 0.508 e. The lowest BCUT2D eigenvalue weighted by molar-refractivity contribution is -0.147. The molecule has 0 radical (unpaired) electrons. The van der Waals surface area contributed by atoms with E-state index in [1.807, 2.05) is 0 Å². The Labute approximate surface area is 142 Å². The van der Waals surface area contributed by atoms with Crippen molar-refractivity contribution in [3.05, 3.63) is 34.3 Å². The molecular weight excluding hydrogens is 372 g/mol. The molecule has 0 spiro atoms. The normalized spacial score (nSPS) is 10.1. The van der Waals surface area contributed by atoms with Crippen LogP contribution in [-0.2, 0) is 35.1 Å². The van der Waals surface area contributed by atoms with Gasteiger partial charge in [-0.3, -0.25) is 9.59 Å². The average Bonchev–Trinajstić information content (AvgIpc) is 2.53. The zero-order chi connectivity index (χ0) is 17.2. The van der Waals surface area contributed by atoms with Crippen molar-refractivity contribution in [2.75, 3.05) is 14.2 Å². The maximum atomic E-state index is 11.7. The zero-order valence-electron chi connectivity index (χ0n) is 12.7. The van der Waals surface area contributed by atoms with Gasteiger partial charge in [-0.25, -0.2) is 4.79 Å². The summed E-state index contributed by atoms with van der Waals surface area (Å²) in [6, 6.07) is 7.16. The third kappa shape index (κ3) is 7.64. The Bertz CT molecular complexity index is 523. The second-order valence-corrected chi connectivity index (χ2v) is 5.38. The number of hydrogen-bond donors (Lipinski definition) is 0. The molecule has 0 unspecified atom stereocenters. The highest BCUT2D eigenvalue weighted by atomic mass is 79.9. The van der Waals surface area contributed by atoms with Crippen molar-refractivity contribution in [3.63, 3.8) is 0 Å². The number of hydrogen-bond acceptors (Lipinski definition) is 7. The van der Waals surface area contributed by atoms with Crippen LogP contribution in [0.2, 0.25) is 0 Å². The lowest BCUT2D eigenvalue weighted by atomic mass is 10.2. The van der Waals surface area contributed by atoms with Crippen LogP contribution in [0.1, 0.15) is 18.4 Å². The van der Waals surface area contributed by atoms with E-state index in [4.69, 9.17) is 9.47 Å². The number of carbonyl (C=O) groups excluding carboxylic acids is 3. The van der Waals surface area contributed by atoms with Crippen molar-refractivity contribution in [1.82, 2.24) is 0 Å². The van der Waals surface area contributed by atoms with Gasteiger partial charge < -0.3 is 18.9 Å². The van der Waals surface area contributed by atoms with E-state index in [0.717, 1.165) is 10.0 Å². The summed E-state index contributed by atoms with van der Waals surface area (Å²) in [6.07, 6.45) is -2.52. The Morgan fingerprint density at radius 1 is 1.00 bits per heavy atom. The first kappa shape index (κ1) is 19.0. The smallest absolute Gasteiger partial charge is 0.469 e. The van der Waals surface area contributed by atoms with Gasteiger partial charge in [0.25, 0.3) is 0 Å². The second-order valence-electron chi connectivity index (χ2n) is 4.47. The van der Waals surface area contributed by atoms with Gasteiger partial charge in [0.1, 0.15) is 12.7 Å². The number of methoxy groups -OCH3 is 2. The van der Waals surface area contributed by atoms with Crippen LogP contribution >= 0.6 is 15.9 Å². The van der Waals surface area contributed by atoms with E-state index in [2.05, 4.69) is 25.4 Å². The predicted octanol–water partition coefficient (Wildman–Crippen LogP) is 2.60. The Morgan fingerprint density at radius 2 is 1.52 bits per heavy atom. The van der Waals surface area contributed by atoms with E-state index < -0.39 is 24.2 Å². The molecule has 0 saturated carbocycles. The molecule has 0 aliphatic carbocycles. The topological polar surface area (TPSA) is 88.1 Å². The van der Waals surface area contributed by atoms with Gasteiger partial charge in [0.15, 0.2) is 0 Å². The van der Waals surface area contributed by atoms with E-state index >= 15 is 0 Å². The molecule has 0 aliphatic rings. The van der Waals surface area contributed by atoms with E-state index in [-0.39, 0.29) is 19.4 Å². The van der Waals surface area contributed by atoms with Crippen molar-refractivity contribution >= 4 is 34.0 Å². The third-order valence-corrected chi connectivity index (χ3v) is 3.31. The minimum atomic E-state index is -1.01. The molecule has 8 heteroatoms. The number of rotatable bonds is 7. The van der Waals surface area contributed by atoms with Crippen molar-refractivity contribution in [3.8, 4) is 0 Å². The molecule has 126 valence electrons. The molecular formula is C15H17BrO7. The molecule has 23 heavy (non-hydrogen) atoms. The van der Waals surface area contributed by atoms with E-state index in [1.165, 1.54) is 14.2 Å². The fourth-order valence-electron chi connectivity index (χ4n) is 1.59. The molecule has 1 rings (SSSR count). The fourth-order valence-corrected chi connectivity index (χ4v) is 1.85. The average molecular weight is 389 g/mol. The van der Waals surface area contributed by atoms with Gasteiger partial charge in [0, 0.05) is 4.47 Å². The van der Waals surface area contributed by atoms with Crippen LogP contribution in [0.5, 0.6) is 0 Å². The monoisotopic (exact) mass is 388 g/mol. The Kier molecular flexibility index (Phi) is 8.10. The van der Waals surface area contributed by atoms with Gasteiger partial charge in [-0.1, -0.05) is 28.1 Å². The number of carbonyl (C=O) groups is 3. The van der Waals surface area contributed by atoms with Crippen LogP contribution in [-0.4, -0.2) is 38.4 Å². The van der Waals surface area contributed by atoms with Crippen molar-refractivity contribution in [1.29, 1.82) is 0 Å². The van der Waals surface area contributed by atoms with Crippen LogP contribution in [0.3, 0.4) is 0 Å². The van der Waals surface area contributed by atoms with Gasteiger partial charge in [0.05, 0.1) is 27.1 Å². The van der Waals surface area contributed by atoms with Gasteiger partial charge in [-0.2, -0.15) is 0 Å². The van der Waals surface area contributed by atoms with E-state index in [0.29, 0.717) is 0 Å². The Balaban J connectivity index is 2.52. The highest BCUT2D eigenvalue weighted by Crippen LogP contribution is 2.13. The molecule has 0 aliphatic heterocycles. The minimum Gasteiger partial charge on any atom is -0.469 e. The summed E-state index contributed by atoms with van der Waals surface area (Å²) in [7, 11) is 2.40. The lowest BCUT2D eigenvalue weighted by Gasteiger charge is -2.15. The van der Waals surface area contributed by atoms with Crippen LogP contribution in [0, 0.1) is 0 Å². The zero-order valence-corrected chi connectivity index (χ0v) is 14.3. The Hall–Kier alpha value is -2.09. The molecule has 0 bridgehead atoms. The lowest BCUT2D eigenvalue weighted by Crippen LogP contribution is -2.26. The minimum absolute atomic E-state index is 0.00921. The SMILES string of the molecule is COC(=O)CC(CC(=O)OC)OC(=O)OCc1ccc(Br)cc1.